The molecule has 142 valence electrons. The number of hydrogen-bond donors (Lipinski definition) is 1. The highest BCUT2D eigenvalue weighted by molar-refractivity contribution is 7.88. The van der Waals surface area contributed by atoms with E-state index in [1.165, 1.54) is 0 Å². The molecule has 7 heteroatoms. The normalized spacial score (nSPS) is 21.7. The van der Waals surface area contributed by atoms with Gasteiger partial charge >= 0.3 is 10.2 Å². The Labute approximate surface area is 160 Å². The van der Waals surface area contributed by atoms with Crippen LogP contribution in [0.2, 0.25) is 0 Å². The lowest BCUT2D eigenvalue weighted by atomic mass is 10.1. The Kier molecular flexibility index (Phi) is 5.13. The zero-order chi connectivity index (χ0) is 18.7. The van der Waals surface area contributed by atoms with Crippen molar-refractivity contribution in [1.82, 2.24) is 9.62 Å². The topological polar surface area (TPSA) is 71.0 Å². The first-order valence-electron chi connectivity index (χ1n) is 9.26. The standard InChI is InChI=1S/C20H23N3O3S/c24-27(25)21-19-13-5-2-8-14-23(19)20(22-27)17-11-6-7-12-18(17)26-15-16-9-3-1-4-10-16/h1,3-4,6-7,9-12,20,22H,2,5,8,13-15H2/t20-/m0/s1. The van der Waals surface area contributed by atoms with E-state index in [4.69, 9.17) is 4.74 Å². The molecule has 1 fully saturated rings. The van der Waals surface area contributed by atoms with Crippen LogP contribution in [-0.2, 0) is 16.8 Å². The van der Waals surface area contributed by atoms with Gasteiger partial charge in [0, 0.05) is 18.5 Å². The Morgan fingerprint density at radius 2 is 1.81 bits per heavy atom. The van der Waals surface area contributed by atoms with Crippen LogP contribution in [0.4, 0.5) is 0 Å². The minimum atomic E-state index is -3.71. The number of nitrogens with one attached hydrogen (secondary N) is 1. The smallest absolute Gasteiger partial charge is 0.323 e. The van der Waals surface area contributed by atoms with E-state index in [0.29, 0.717) is 24.6 Å². The SMILES string of the molecule is O=S1(=O)N=C2CCCCCN2[C@@H](c2ccccc2OCc2ccccc2)N1. The van der Waals surface area contributed by atoms with Gasteiger partial charge < -0.3 is 9.64 Å². The van der Waals surface area contributed by atoms with Gasteiger partial charge in [0.15, 0.2) is 0 Å². The third-order valence-electron chi connectivity index (χ3n) is 4.88. The Balaban J connectivity index is 1.65. The number of rotatable bonds is 4. The first-order valence-corrected chi connectivity index (χ1v) is 10.7. The van der Waals surface area contributed by atoms with Crippen LogP contribution in [0.3, 0.4) is 0 Å². The van der Waals surface area contributed by atoms with Gasteiger partial charge in [0.05, 0.1) is 0 Å². The molecule has 6 nitrogen and oxygen atoms in total. The number of nitrogens with zero attached hydrogens (tertiary/aromatic N) is 2. The predicted octanol–water partition coefficient (Wildman–Crippen LogP) is 3.39. The molecular formula is C20H23N3O3S. The van der Waals surface area contributed by atoms with Gasteiger partial charge in [-0.1, -0.05) is 55.0 Å². The van der Waals surface area contributed by atoms with Crippen LogP contribution in [0.15, 0.2) is 59.0 Å². The second-order valence-electron chi connectivity index (χ2n) is 6.82. The Bertz CT molecular complexity index is 928. The molecule has 0 bridgehead atoms. The Morgan fingerprint density at radius 3 is 2.67 bits per heavy atom. The first kappa shape index (κ1) is 18.0. The lowest BCUT2D eigenvalue weighted by molar-refractivity contribution is 0.264. The summed E-state index contributed by atoms with van der Waals surface area (Å²) in [5.74, 6) is 1.33. The number of benzene rings is 2. The minimum absolute atomic E-state index is 0.429. The number of fused-ring (bicyclic) bond motifs is 1. The average Bonchev–Trinajstić information content (AvgIpc) is 2.91. The minimum Gasteiger partial charge on any atom is -0.488 e. The summed E-state index contributed by atoms with van der Waals surface area (Å²) in [5, 5.41) is 0. The maximum absolute atomic E-state index is 12.3. The van der Waals surface area contributed by atoms with E-state index < -0.39 is 16.4 Å². The van der Waals surface area contributed by atoms with Crippen LogP contribution in [0, 0.1) is 0 Å². The van der Waals surface area contributed by atoms with Gasteiger partial charge in [0.2, 0.25) is 0 Å². The van der Waals surface area contributed by atoms with Gasteiger partial charge in [-0.25, -0.2) is 0 Å². The van der Waals surface area contributed by atoms with Crippen LogP contribution < -0.4 is 9.46 Å². The molecule has 2 aliphatic heterocycles. The van der Waals surface area contributed by atoms with Crippen molar-refractivity contribution in [3.05, 3.63) is 65.7 Å². The number of para-hydroxylation sites is 1. The lowest BCUT2D eigenvalue weighted by Gasteiger charge is -2.37. The lowest BCUT2D eigenvalue weighted by Crippen LogP contribution is -2.48. The van der Waals surface area contributed by atoms with E-state index in [-0.39, 0.29) is 0 Å². The van der Waals surface area contributed by atoms with Gasteiger partial charge in [0.1, 0.15) is 24.4 Å². The van der Waals surface area contributed by atoms with Gasteiger partial charge in [-0.15, -0.1) is 4.40 Å². The molecule has 0 saturated carbocycles. The molecule has 0 spiro atoms. The maximum atomic E-state index is 12.3. The largest absolute Gasteiger partial charge is 0.488 e. The van der Waals surface area contributed by atoms with Crippen molar-refractivity contribution < 1.29 is 13.2 Å². The summed E-state index contributed by atoms with van der Waals surface area (Å²) in [6.45, 7) is 1.21. The summed E-state index contributed by atoms with van der Waals surface area (Å²) >= 11 is 0. The molecule has 0 amide bonds. The van der Waals surface area contributed by atoms with Crippen molar-refractivity contribution in [1.29, 1.82) is 0 Å². The predicted molar refractivity (Wildman–Crippen MR) is 105 cm³/mol. The van der Waals surface area contributed by atoms with Crippen LogP contribution in [0.5, 0.6) is 5.75 Å². The monoisotopic (exact) mass is 385 g/mol. The second kappa shape index (κ2) is 7.70. The van der Waals surface area contributed by atoms with Crippen LogP contribution in [0.1, 0.15) is 43.0 Å². The Hall–Kier alpha value is -2.38. The van der Waals surface area contributed by atoms with Crippen LogP contribution in [0.25, 0.3) is 0 Å². The molecule has 0 radical (unpaired) electrons. The van der Waals surface area contributed by atoms with Crippen molar-refractivity contribution in [2.45, 2.75) is 38.5 Å². The van der Waals surface area contributed by atoms with E-state index in [1.54, 1.807) is 0 Å². The fraction of sp³-hybridized carbons (Fsp3) is 0.350. The summed E-state index contributed by atoms with van der Waals surface area (Å²) in [5.41, 5.74) is 1.87. The third kappa shape index (κ3) is 4.14. The van der Waals surface area contributed by atoms with Gasteiger partial charge in [-0.2, -0.15) is 13.1 Å². The van der Waals surface area contributed by atoms with Crippen LogP contribution >= 0.6 is 0 Å². The molecule has 1 atom stereocenters. The maximum Gasteiger partial charge on any atom is 0.323 e. The molecule has 1 N–H and O–H groups in total. The molecule has 2 aromatic rings. The van der Waals surface area contributed by atoms with Gasteiger partial charge in [-0.3, -0.25) is 0 Å². The summed E-state index contributed by atoms with van der Waals surface area (Å²) in [6.07, 6.45) is 3.25. The third-order valence-corrected chi connectivity index (χ3v) is 5.85. The van der Waals surface area contributed by atoms with E-state index in [9.17, 15) is 8.42 Å². The molecule has 27 heavy (non-hydrogen) atoms. The van der Waals surface area contributed by atoms with Gasteiger partial charge in [0.25, 0.3) is 0 Å². The summed E-state index contributed by atoms with van der Waals surface area (Å²) < 4.78 is 37.4. The van der Waals surface area contributed by atoms with Crippen molar-refractivity contribution >= 4 is 16.0 Å². The fourth-order valence-corrected chi connectivity index (χ4v) is 4.63. The highest BCUT2D eigenvalue weighted by Crippen LogP contribution is 2.33. The number of hydrogen-bond acceptors (Lipinski definition) is 4. The molecule has 2 aromatic carbocycles. The highest BCUT2D eigenvalue weighted by Gasteiger charge is 2.35. The highest BCUT2D eigenvalue weighted by atomic mass is 32.2. The zero-order valence-corrected chi connectivity index (χ0v) is 15.9. The molecule has 0 aliphatic carbocycles. The fourth-order valence-electron chi connectivity index (χ4n) is 3.57. The second-order valence-corrected chi connectivity index (χ2v) is 8.19. The number of ether oxygens (including phenoxy) is 1. The first-order chi connectivity index (χ1) is 13.1. The van der Waals surface area contributed by atoms with Gasteiger partial charge in [-0.05, 0) is 24.5 Å². The Morgan fingerprint density at radius 1 is 1.04 bits per heavy atom. The van der Waals surface area contributed by atoms with Crippen molar-refractivity contribution in [2.75, 3.05) is 6.54 Å². The van der Waals surface area contributed by atoms with Crippen molar-refractivity contribution in [2.24, 2.45) is 4.40 Å². The molecule has 2 heterocycles. The molecule has 0 aromatic heterocycles. The summed E-state index contributed by atoms with van der Waals surface area (Å²) in [7, 11) is -3.71. The zero-order valence-electron chi connectivity index (χ0n) is 15.0. The molecule has 2 aliphatic rings. The van der Waals surface area contributed by atoms with E-state index >= 15 is 0 Å². The average molecular weight is 385 g/mol. The molecule has 0 unspecified atom stereocenters. The van der Waals surface area contributed by atoms with Crippen LogP contribution in [-0.4, -0.2) is 25.7 Å². The quantitative estimate of drug-likeness (QED) is 0.876. The molecule has 1 saturated heterocycles. The summed E-state index contributed by atoms with van der Waals surface area (Å²) in [4.78, 5) is 2.07. The molecule has 4 rings (SSSR count). The molecular weight excluding hydrogens is 362 g/mol. The van der Waals surface area contributed by atoms with E-state index in [2.05, 4.69) is 14.0 Å². The number of amidine groups is 1. The van der Waals surface area contributed by atoms with Crippen molar-refractivity contribution in [3.8, 4) is 5.75 Å². The van der Waals surface area contributed by atoms with E-state index in [1.807, 2.05) is 54.6 Å². The van der Waals surface area contributed by atoms with E-state index in [0.717, 1.165) is 36.9 Å². The van der Waals surface area contributed by atoms with Crippen molar-refractivity contribution in [3.63, 3.8) is 0 Å². The summed E-state index contributed by atoms with van der Waals surface area (Å²) in [6, 6.07) is 17.5.